The summed E-state index contributed by atoms with van der Waals surface area (Å²) in [6.45, 7) is 4.30. The highest BCUT2D eigenvalue weighted by Gasteiger charge is 2.36. The van der Waals surface area contributed by atoms with Gasteiger partial charge in [0, 0.05) is 24.1 Å². The van der Waals surface area contributed by atoms with Gasteiger partial charge in [-0.15, -0.1) is 0 Å². The van der Waals surface area contributed by atoms with E-state index < -0.39 is 5.60 Å². The summed E-state index contributed by atoms with van der Waals surface area (Å²) in [5.74, 6) is 1.26. The number of fused-ring (bicyclic) bond motifs is 1. The SMILES string of the molecule is C[C@@H](Nc1ccn[nH]1)c1cc(F)cc2c1OC(C)(CN)C2. The van der Waals surface area contributed by atoms with Gasteiger partial charge in [-0.25, -0.2) is 4.39 Å². The van der Waals surface area contributed by atoms with Crippen molar-refractivity contribution in [2.24, 2.45) is 5.73 Å². The molecular weight excluding hydrogens is 271 g/mol. The van der Waals surface area contributed by atoms with Crippen molar-refractivity contribution in [1.29, 1.82) is 0 Å². The second kappa shape index (κ2) is 5.04. The van der Waals surface area contributed by atoms with Crippen molar-refractivity contribution < 1.29 is 9.13 Å². The zero-order chi connectivity index (χ0) is 15.0. The third-order valence-electron chi connectivity index (χ3n) is 3.84. The average molecular weight is 290 g/mol. The van der Waals surface area contributed by atoms with Gasteiger partial charge in [-0.1, -0.05) is 0 Å². The van der Waals surface area contributed by atoms with Gasteiger partial charge in [0.05, 0.1) is 12.2 Å². The molecule has 0 amide bonds. The minimum Gasteiger partial charge on any atom is -0.485 e. The third-order valence-corrected chi connectivity index (χ3v) is 3.84. The molecule has 3 rings (SSSR count). The van der Waals surface area contributed by atoms with Gasteiger partial charge in [-0.2, -0.15) is 5.10 Å². The van der Waals surface area contributed by atoms with Crippen LogP contribution in [-0.2, 0) is 6.42 Å². The van der Waals surface area contributed by atoms with Crippen LogP contribution in [0, 0.1) is 5.82 Å². The van der Waals surface area contributed by atoms with Gasteiger partial charge in [0.25, 0.3) is 0 Å². The largest absolute Gasteiger partial charge is 0.485 e. The van der Waals surface area contributed by atoms with Crippen molar-refractivity contribution in [3.8, 4) is 5.75 Å². The number of nitrogens with zero attached hydrogens (tertiary/aromatic N) is 1. The number of nitrogens with two attached hydrogens (primary N) is 1. The molecule has 1 unspecified atom stereocenters. The summed E-state index contributed by atoms with van der Waals surface area (Å²) in [5.41, 5.74) is 6.97. The number of aromatic nitrogens is 2. The average Bonchev–Trinajstić information content (AvgIpc) is 3.05. The Kier molecular flexibility index (Phi) is 3.33. The number of aromatic amines is 1. The lowest BCUT2D eigenvalue weighted by Crippen LogP contribution is -2.39. The Balaban J connectivity index is 1.93. The van der Waals surface area contributed by atoms with Crippen LogP contribution in [-0.4, -0.2) is 22.3 Å². The summed E-state index contributed by atoms with van der Waals surface area (Å²) >= 11 is 0. The molecule has 112 valence electrons. The summed E-state index contributed by atoms with van der Waals surface area (Å²) in [6.07, 6.45) is 2.29. The summed E-state index contributed by atoms with van der Waals surface area (Å²) in [6, 6.07) is 4.74. The maximum Gasteiger partial charge on any atom is 0.129 e. The topological polar surface area (TPSA) is 76.0 Å². The van der Waals surface area contributed by atoms with Crippen molar-refractivity contribution in [3.05, 3.63) is 41.3 Å². The zero-order valence-corrected chi connectivity index (χ0v) is 12.1. The number of hydrogen-bond donors (Lipinski definition) is 3. The van der Waals surface area contributed by atoms with E-state index in [1.807, 2.05) is 19.9 Å². The zero-order valence-electron chi connectivity index (χ0n) is 12.1. The second-order valence-corrected chi connectivity index (χ2v) is 5.75. The van der Waals surface area contributed by atoms with Gasteiger partial charge in [0.1, 0.15) is 23.0 Å². The minimum atomic E-state index is -0.460. The molecule has 2 aromatic rings. The summed E-state index contributed by atoms with van der Waals surface area (Å²) < 4.78 is 19.9. The number of rotatable bonds is 4. The van der Waals surface area contributed by atoms with Crippen LogP contribution in [0.4, 0.5) is 10.2 Å². The van der Waals surface area contributed by atoms with Gasteiger partial charge < -0.3 is 15.8 Å². The molecule has 0 aliphatic carbocycles. The molecule has 5 nitrogen and oxygen atoms in total. The molecule has 4 N–H and O–H groups in total. The maximum atomic E-state index is 13.9. The van der Waals surface area contributed by atoms with Crippen LogP contribution in [0.3, 0.4) is 0 Å². The predicted molar refractivity (Wildman–Crippen MR) is 78.8 cm³/mol. The Bertz CT molecular complexity index is 643. The molecule has 2 atom stereocenters. The van der Waals surface area contributed by atoms with Crippen LogP contribution in [0.1, 0.15) is 31.0 Å². The van der Waals surface area contributed by atoms with Gasteiger partial charge in [-0.05, 0) is 32.0 Å². The normalized spacial score (nSPS) is 21.7. The second-order valence-electron chi connectivity index (χ2n) is 5.75. The fourth-order valence-electron chi connectivity index (χ4n) is 2.70. The van der Waals surface area contributed by atoms with E-state index in [0.717, 1.165) is 22.7 Å². The molecule has 0 fully saturated rings. The molecule has 1 aromatic carbocycles. The van der Waals surface area contributed by atoms with Crippen LogP contribution >= 0.6 is 0 Å². The summed E-state index contributed by atoms with van der Waals surface area (Å²) in [5, 5.41) is 9.96. The van der Waals surface area contributed by atoms with E-state index in [2.05, 4.69) is 15.5 Å². The highest BCUT2D eigenvalue weighted by atomic mass is 19.1. The standard InChI is InChI=1S/C15H19FN4O/c1-9(19-13-3-4-18-20-13)12-6-11(16)5-10-7-15(2,8-17)21-14(10)12/h3-6,9H,7-8,17H2,1-2H3,(H2,18,19,20)/t9-,15?/m1/s1. The van der Waals surface area contributed by atoms with Crippen molar-refractivity contribution in [2.45, 2.75) is 31.9 Å². The summed E-state index contributed by atoms with van der Waals surface area (Å²) in [7, 11) is 0. The van der Waals surface area contributed by atoms with E-state index in [9.17, 15) is 4.39 Å². The summed E-state index contributed by atoms with van der Waals surface area (Å²) in [4.78, 5) is 0. The Hall–Kier alpha value is -2.08. The Labute approximate surface area is 122 Å². The lowest BCUT2D eigenvalue weighted by Gasteiger charge is -2.23. The molecule has 0 saturated heterocycles. The van der Waals surface area contributed by atoms with E-state index in [4.69, 9.17) is 10.5 Å². The first-order valence-corrected chi connectivity index (χ1v) is 6.98. The number of halogens is 1. The van der Waals surface area contributed by atoms with Gasteiger partial charge in [0.2, 0.25) is 0 Å². The highest BCUT2D eigenvalue weighted by molar-refractivity contribution is 5.50. The van der Waals surface area contributed by atoms with E-state index >= 15 is 0 Å². The number of hydrogen-bond acceptors (Lipinski definition) is 4. The van der Waals surface area contributed by atoms with E-state index in [-0.39, 0.29) is 11.9 Å². The first-order valence-electron chi connectivity index (χ1n) is 6.98. The molecule has 0 spiro atoms. The number of benzene rings is 1. The van der Waals surface area contributed by atoms with Crippen molar-refractivity contribution >= 4 is 5.82 Å². The van der Waals surface area contributed by atoms with Gasteiger partial charge in [-0.3, -0.25) is 5.10 Å². The maximum absolute atomic E-state index is 13.9. The molecule has 0 saturated carbocycles. The fraction of sp³-hybridized carbons (Fsp3) is 0.400. The minimum absolute atomic E-state index is 0.116. The monoisotopic (exact) mass is 290 g/mol. The first-order chi connectivity index (χ1) is 10.0. The molecule has 2 heterocycles. The quantitative estimate of drug-likeness (QED) is 0.808. The lowest BCUT2D eigenvalue weighted by molar-refractivity contribution is 0.124. The lowest BCUT2D eigenvalue weighted by atomic mass is 9.97. The smallest absolute Gasteiger partial charge is 0.129 e. The van der Waals surface area contributed by atoms with Crippen LogP contribution < -0.4 is 15.8 Å². The number of ether oxygens (including phenoxy) is 1. The van der Waals surface area contributed by atoms with Crippen LogP contribution in [0.15, 0.2) is 24.4 Å². The molecule has 1 aromatic heterocycles. The highest BCUT2D eigenvalue weighted by Crippen LogP contribution is 2.41. The molecule has 1 aliphatic rings. The molecule has 6 heteroatoms. The molecule has 0 radical (unpaired) electrons. The van der Waals surface area contributed by atoms with Gasteiger partial charge in [0.15, 0.2) is 0 Å². The van der Waals surface area contributed by atoms with Crippen LogP contribution in [0.2, 0.25) is 0 Å². The van der Waals surface area contributed by atoms with Crippen molar-refractivity contribution in [3.63, 3.8) is 0 Å². The molecular formula is C15H19FN4O. The van der Waals surface area contributed by atoms with E-state index in [0.29, 0.717) is 13.0 Å². The fourth-order valence-corrected chi connectivity index (χ4v) is 2.70. The van der Waals surface area contributed by atoms with Crippen LogP contribution in [0.5, 0.6) is 5.75 Å². The first kappa shape index (κ1) is 13.9. The molecule has 1 aliphatic heterocycles. The molecule has 0 bridgehead atoms. The Morgan fingerprint density at radius 2 is 2.38 bits per heavy atom. The van der Waals surface area contributed by atoms with Gasteiger partial charge >= 0.3 is 0 Å². The number of H-pyrrole nitrogens is 1. The third kappa shape index (κ3) is 2.58. The van der Waals surface area contributed by atoms with E-state index in [1.165, 1.54) is 12.1 Å². The Morgan fingerprint density at radius 3 is 3.05 bits per heavy atom. The Morgan fingerprint density at radius 1 is 1.57 bits per heavy atom. The molecule has 21 heavy (non-hydrogen) atoms. The predicted octanol–water partition coefficient (Wildman–Crippen LogP) is 2.37. The number of nitrogens with one attached hydrogen (secondary N) is 2. The van der Waals surface area contributed by atoms with Crippen molar-refractivity contribution in [1.82, 2.24) is 10.2 Å². The van der Waals surface area contributed by atoms with E-state index in [1.54, 1.807) is 6.20 Å². The number of anilines is 1. The van der Waals surface area contributed by atoms with Crippen LogP contribution in [0.25, 0.3) is 0 Å². The van der Waals surface area contributed by atoms with Crippen molar-refractivity contribution in [2.75, 3.05) is 11.9 Å².